The zero-order valence-electron chi connectivity index (χ0n) is 22.2. The molecule has 0 unspecified atom stereocenters. The van der Waals surface area contributed by atoms with Gasteiger partial charge in [-0.05, 0) is 37.1 Å². The molecule has 206 valence electrons. The minimum absolute atomic E-state index is 0.157. The predicted octanol–water partition coefficient (Wildman–Crippen LogP) is 5.52. The molecule has 2 aromatic carbocycles. The first-order valence-electron chi connectivity index (χ1n) is 11.7. The highest BCUT2D eigenvalue weighted by molar-refractivity contribution is 6.42. The first-order chi connectivity index (χ1) is 18.8. The Labute approximate surface area is 236 Å². The van der Waals surface area contributed by atoms with Crippen molar-refractivity contribution in [2.24, 2.45) is 4.99 Å². The lowest BCUT2D eigenvalue weighted by Gasteiger charge is -2.23. The molecule has 1 aromatic heterocycles. The van der Waals surface area contributed by atoms with Gasteiger partial charge in [0.1, 0.15) is 23.2 Å². The molecule has 0 aliphatic rings. The lowest BCUT2D eigenvalue weighted by molar-refractivity contribution is -0.115. The standard InChI is InChI=1S/C27H29Cl2N5O5/c1-16-7-6-8-18(31-14-35)26(16)33-22-11-17(2)19(13-30-22)32-27(34(15-36)9-10-37-3)23-24(28)20(38-4)12-21(39-5)25(23)29/h6-8,11-15H,9-10H2,1-5H3,(H,30,33)(H,31,35)/b32-27-. The number of amidine groups is 1. The van der Waals surface area contributed by atoms with Crippen LogP contribution in [0.1, 0.15) is 16.7 Å². The summed E-state index contributed by atoms with van der Waals surface area (Å²) < 4.78 is 16.0. The van der Waals surface area contributed by atoms with Crippen molar-refractivity contribution in [3.8, 4) is 11.5 Å². The lowest BCUT2D eigenvalue weighted by Crippen LogP contribution is -2.34. The maximum absolute atomic E-state index is 12.2. The number of ether oxygens (including phenoxy) is 3. The Kier molecular flexibility index (Phi) is 10.5. The van der Waals surface area contributed by atoms with E-state index < -0.39 is 0 Å². The van der Waals surface area contributed by atoms with Crippen molar-refractivity contribution >= 4 is 64.7 Å². The number of halogens is 2. The van der Waals surface area contributed by atoms with E-state index in [1.165, 1.54) is 26.2 Å². The molecule has 0 fully saturated rings. The van der Waals surface area contributed by atoms with Crippen molar-refractivity contribution < 1.29 is 23.8 Å². The number of aromatic nitrogens is 1. The number of amides is 2. The number of anilines is 3. The molecule has 0 spiro atoms. The van der Waals surface area contributed by atoms with Crippen LogP contribution in [0.4, 0.5) is 22.9 Å². The Morgan fingerprint density at radius 2 is 1.74 bits per heavy atom. The van der Waals surface area contributed by atoms with Crippen molar-refractivity contribution in [1.29, 1.82) is 0 Å². The van der Waals surface area contributed by atoms with E-state index in [1.54, 1.807) is 24.4 Å². The second kappa shape index (κ2) is 13.8. The molecule has 0 saturated carbocycles. The number of nitrogens with zero attached hydrogens (tertiary/aromatic N) is 3. The highest BCUT2D eigenvalue weighted by atomic mass is 35.5. The fourth-order valence-corrected chi connectivity index (χ4v) is 4.41. The van der Waals surface area contributed by atoms with Crippen LogP contribution in [0.3, 0.4) is 0 Å². The molecule has 39 heavy (non-hydrogen) atoms. The minimum Gasteiger partial charge on any atom is -0.495 e. The van der Waals surface area contributed by atoms with Crippen molar-refractivity contribution in [2.45, 2.75) is 13.8 Å². The largest absolute Gasteiger partial charge is 0.495 e. The van der Waals surface area contributed by atoms with Crippen molar-refractivity contribution in [3.05, 3.63) is 63.3 Å². The second-order valence-electron chi connectivity index (χ2n) is 8.25. The van der Waals surface area contributed by atoms with Crippen molar-refractivity contribution in [2.75, 3.05) is 45.1 Å². The molecule has 12 heteroatoms. The van der Waals surface area contributed by atoms with Gasteiger partial charge in [-0.3, -0.25) is 14.5 Å². The van der Waals surface area contributed by atoms with E-state index in [4.69, 9.17) is 42.4 Å². The van der Waals surface area contributed by atoms with Gasteiger partial charge in [-0.15, -0.1) is 0 Å². The van der Waals surface area contributed by atoms with E-state index in [2.05, 4.69) is 15.6 Å². The SMILES string of the molecule is COCCN(C=O)/C(=N\c1cnc(Nc2c(C)cccc2NC=O)cc1C)c1c(Cl)c(OC)cc(OC)c1Cl. The van der Waals surface area contributed by atoms with Crippen LogP contribution in [-0.2, 0) is 14.3 Å². The van der Waals surface area contributed by atoms with Gasteiger partial charge in [-0.1, -0.05) is 35.3 Å². The normalized spacial score (nSPS) is 11.1. The van der Waals surface area contributed by atoms with Crippen LogP contribution in [0.15, 0.2) is 41.5 Å². The summed E-state index contributed by atoms with van der Waals surface area (Å²) in [6.45, 7) is 4.18. The number of carbonyl (C=O) groups is 2. The number of pyridine rings is 1. The monoisotopic (exact) mass is 573 g/mol. The number of benzene rings is 2. The molecule has 1 heterocycles. The summed E-state index contributed by atoms with van der Waals surface area (Å²) in [6.07, 6.45) is 2.79. The summed E-state index contributed by atoms with van der Waals surface area (Å²) >= 11 is 13.3. The molecule has 3 rings (SSSR count). The topological polar surface area (TPSA) is 114 Å². The lowest BCUT2D eigenvalue weighted by atomic mass is 10.1. The van der Waals surface area contributed by atoms with Gasteiger partial charge in [-0.25, -0.2) is 9.98 Å². The van der Waals surface area contributed by atoms with E-state index in [0.717, 1.165) is 11.1 Å². The quantitative estimate of drug-likeness (QED) is 0.166. The van der Waals surface area contributed by atoms with E-state index in [0.29, 0.717) is 47.2 Å². The smallest absolute Gasteiger partial charge is 0.215 e. The van der Waals surface area contributed by atoms with Crippen LogP contribution in [0.25, 0.3) is 0 Å². The van der Waals surface area contributed by atoms with E-state index in [-0.39, 0.29) is 34.6 Å². The Balaban J connectivity index is 2.14. The van der Waals surface area contributed by atoms with E-state index >= 15 is 0 Å². The number of aliphatic imine (C=N–C) groups is 1. The Morgan fingerprint density at radius 3 is 2.31 bits per heavy atom. The maximum Gasteiger partial charge on any atom is 0.215 e. The van der Waals surface area contributed by atoms with Crippen molar-refractivity contribution in [1.82, 2.24) is 9.88 Å². The zero-order chi connectivity index (χ0) is 28.5. The molecule has 0 saturated heterocycles. The summed E-state index contributed by atoms with van der Waals surface area (Å²) in [5.74, 6) is 1.29. The third kappa shape index (κ3) is 6.78. The Morgan fingerprint density at radius 1 is 1.05 bits per heavy atom. The third-order valence-corrected chi connectivity index (χ3v) is 6.53. The molecule has 0 radical (unpaired) electrons. The summed E-state index contributed by atoms with van der Waals surface area (Å²) in [6, 6.07) is 8.89. The zero-order valence-corrected chi connectivity index (χ0v) is 23.7. The predicted molar refractivity (Wildman–Crippen MR) is 154 cm³/mol. The third-order valence-electron chi connectivity index (χ3n) is 5.78. The number of carbonyl (C=O) groups excluding carboxylic acids is 2. The molecule has 2 amide bonds. The van der Waals surface area contributed by atoms with E-state index in [1.807, 2.05) is 26.0 Å². The molecule has 0 atom stereocenters. The molecule has 3 aromatic rings. The van der Waals surface area contributed by atoms with Gasteiger partial charge in [0, 0.05) is 13.2 Å². The first kappa shape index (κ1) is 29.7. The van der Waals surface area contributed by atoms with Crippen LogP contribution >= 0.6 is 23.2 Å². The number of aryl methyl sites for hydroxylation is 2. The van der Waals surface area contributed by atoms with Crippen LogP contribution in [0.5, 0.6) is 11.5 Å². The number of hydrogen-bond acceptors (Lipinski definition) is 8. The van der Waals surface area contributed by atoms with Crippen molar-refractivity contribution in [3.63, 3.8) is 0 Å². The fraction of sp³-hybridized carbons (Fsp3) is 0.259. The van der Waals surface area contributed by atoms with Gasteiger partial charge >= 0.3 is 0 Å². The maximum atomic E-state index is 12.2. The first-order valence-corrected chi connectivity index (χ1v) is 12.5. The second-order valence-corrected chi connectivity index (χ2v) is 9.01. The molecular weight excluding hydrogens is 545 g/mol. The van der Waals surface area contributed by atoms with E-state index in [9.17, 15) is 9.59 Å². The molecule has 0 bridgehead atoms. The highest BCUT2D eigenvalue weighted by Crippen LogP contribution is 2.41. The number of rotatable bonds is 12. The average Bonchev–Trinajstić information content (AvgIpc) is 2.92. The van der Waals surface area contributed by atoms with Gasteiger partial charge in [0.2, 0.25) is 12.8 Å². The molecule has 2 N–H and O–H groups in total. The molecule has 10 nitrogen and oxygen atoms in total. The van der Waals surface area contributed by atoms with Gasteiger partial charge in [0.25, 0.3) is 0 Å². The Bertz CT molecular complexity index is 1350. The minimum atomic E-state index is 0.157. The Hall–Kier alpha value is -3.86. The number of para-hydroxylation sites is 1. The van der Waals surface area contributed by atoms with Crippen LogP contribution in [0.2, 0.25) is 10.0 Å². The summed E-state index contributed by atoms with van der Waals surface area (Å²) in [4.78, 5) is 33.8. The highest BCUT2D eigenvalue weighted by Gasteiger charge is 2.25. The van der Waals surface area contributed by atoms with Crippen LogP contribution in [0, 0.1) is 13.8 Å². The summed E-state index contributed by atoms with van der Waals surface area (Å²) in [5.41, 5.74) is 3.70. The number of methoxy groups -OCH3 is 3. The molecular formula is C27H29Cl2N5O5. The number of hydrogen-bond donors (Lipinski definition) is 2. The van der Waals surface area contributed by atoms with Gasteiger partial charge in [0.05, 0.1) is 66.2 Å². The van der Waals surface area contributed by atoms with Crippen LogP contribution < -0.4 is 20.1 Å². The summed E-state index contributed by atoms with van der Waals surface area (Å²) in [7, 11) is 4.45. The average molecular weight is 574 g/mol. The summed E-state index contributed by atoms with van der Waals surface area (Å²) in [5, 5.41) is 6.25. The van der Waals surface area contributed by atoms with Gasteiger partial charge < -0.3 is 24.8 Å². The number of nitrogens with one attached hydrogen (secondary N) is 2. The fourth-order valence-electron chi connectivity index (χ4n) is 3.74. The van der Waals surface area contributed by atoms with Gasteiger partial charge in [-0.2, -0.15) is 0 Å². The molecule has 0 aliphatic heterocycles. The van der Waals surface area contributed by atoms with Crippen LogP contribution in [-0.4, -0.2) is 63.0 Å². The molecule has 0 aliphatic carbocycles. The van der Waals surface area contributed by atoms with Gasteiger partial charge in [0.15, 0.2) is 0 Å².